The Labute approximate surface area is 631 Å². The van der Waals surface area contributed by atoms with Gasteiger partial charge in [-0.3, -0.25) is 0 Å². The van der Waals surface area contributed by atoms with Gasteiger partial charge in [-0.25, -0.2) is 29.9 Å². The van der Waals surface area contributed by atoms with Crippen LogP contribution in [0.25, 0.3) is 207 Å². The van der Waals surface area contributed by atoms with Gasteiger partial charge in [0.1, 0.15) is 0 Å². The maximum absolute atomic E-state index is 5.48. The fourth-order valence-electron chi connectivity index (χ4n) is 15.4. The fraction of sp³-hybridized carbons (Fsp3) is 0. The predicted octanol–water partition coefficient (Wildman–Crippen LogP) is 27.4. The molecule has 0 aliphatic carbocycles. The van der Waals surface area contributed by atoms with E-state index in [4.69, 9.17) is 29.9 Å². The third-order valence-corrected chi connectivity index (χ3v) is 23.0. The molecule has 0 bridgehead atoms. The normalized spacial score (nSPS) is 11.5. The number of hydrogen-bond donors (Lipinski definition) is 0. The Morgan fingerprint density at radius 2 is 0.472 bits per heavy atom. The molecule has 15 aromatic carbocycles. The number of nitrogens with zero attached hydrogens (tertiary/aromatic N) is 6. The molecule has 0 aliphatic rings. The molecule has 21 aromatic rings. The molecule has 108 heavy (non-hydrogen) atoms. The smallest absolute Gasteiger partial charge is 0.160 e. The first-order valence-electron chi connectivity index (χ1n) is 36.3. The molecular weight excluding hydrogens is 1350 g/mol. The molecule has 0 aliphatic heterocycles. The molecule has 0 unspecified atom stereocenters. The van der Waals surface area contributed by atoms with Crippen molar-refractivity contribution in [2.24, 2.45) is 0 Å². The molecule has 0 radical (unpaired) electrons. The highest BCUT2D eigenvalue weighted by atomic mass is 32.1. The van der Waals surface area contributed by atoms with Crippen LogP contribution >= 0.6 is 22.7 Å². The minimum absolute atomic E-state index is 0.683. The molecule has 6 heterocycles. The highest BCUT2D eigenvalue weighted by Crippen LogP contribution is 2.49. The lowest BCUT2D eigenvalue weighted by molar-refractivity contribution is 1.18. The molecule has 0 N–H and O–H groups in total. The van der Waals surface area contributed by atoms with Gasteiger partial charge in [0.25, 0.3) is 0 Å². The van der Waals surface area contributed by atoms with Gasteiger partial charge in [0, 0.05) is 95.6 Å². The van der Waals surface area contributed by atoms with Gasteiger partial charge in [0.15, 0.2) is 11.6 Å². The summed E-state index contributed by atoms with van der Waals surface area (Å²) in [4.78, 5) is 31.3. The third-order valence-electron chi connectivity index (χ3n) is 20.6. The Hall–Kier alpha value is -13.8. The summed E-state index contributed by atoms with van der Waals surface area (Å²) < 4.78 is 5.02. The molecule has 0 saturated heterocycles. The SMILES string of the molecule is c1ccc(-c2cc(-c3ccccc3)nc(-c3ccc(-c4nc5cccc(-c6cccc7ccccc67)c5c5sc6ccccc6c45)cc3)n2)cc1.c1ccc(-c2ccc(-c3cc(-c4ccccc4)nc(-c4ccc(-c5nc6cccc(-c7cccc8ccccc78)c6c6sc7ccccc7c56)cc4)n3)cc2)cc1. The van der Waals surface area contributed by atoms with Crippen molar-refractivity contribution in [2.45, 2.75) is 0 Å². The van der Waals surface area contributed by atoms with E-state index in [0.29, 0.717) is 11.6 Å². The number of thiophene rings is 2. The zero-order valence-corrected chi connectivity index (χ0v) is 59.9. The van der Waals surface area contributed by atoms with Gasteiger partial charge < -0.3 is 0 Å². The molecular formula is C100H62N6S2. The minimum atomic E-state index is 0.683. The van der Waals surface area contributed by atoms with Crippen LogP contribution in [0.2, 0.25) is 0 Å². The maximum Gasteiger partial charge on any atom is 0.160 e. The molecule has 8 heteroatoms. The average molecular weight is 1410 g/mol. The standard InChI is InChI=1S/C53H33N3S.C47H29N3S/c1-3-13-34(14-4-1)35-25-27-38(28-26-35)47-33-46(37-16-5-2-6-17-37)55-53(56-47)40-31-29-39(30-32-40)51-50-44-20-9-10-24-48(44)57-52(50)49-43(22-12-23-45(49)54-51)42-21-11-18-36-15-7-8-19-41(36)42;1-3-14-31(15-4-1)40-29-41(32-16-5-2-6-17-32)50-47(49-40)34-27-25-33(26-28-34)45-44-38-20-9-10-24-42(38)51-46(44)43-37(22-12-23-39(43)48-45)36-21-11-18-30-13-7-8-19-35(30)36/h1-33H;1-29H. The van der Waals surface area contributed by atoms with E-state index in [-0.39, 0.29) is 0 Å². The lowest BCUT2D eigenvalue weighted by Crippen LogP contribution is -1.96. The number of rotatable bonds is 11. The van der Waals surface area contributed by atoms with Gasteiger partial charge in [-0.1, -0.05) is 340 Å². The van der Waals surface area contributed by atoms with Crippen molar-refractivity contribution in [3.8, 4) is 124 Å². The predicted molar refractivity (Wildman–Crippen MR) is 455 cm³/mol. The Morgan fingerprint density at radius 1 is 0.185 bits per heavy atom. The monoisotopic (exact) mass is 1410 g/mol. The van der Waals surface area contributed by atoms with Crippen LogP contribution in [0.15, 0.2) is 376 Å². The molecule has 504 valence electrons. The Bertz CT molecular complexity index is 6940. The number of pyridine rings is 2. The van der Waals surface area contributed by atoms with Crippen molar-refractivity contribution >= 4 is 106 Å². The van der Waals surface area contributed by atoms with Crippen LogP contribution in [-0.2, 0) is 0 Å². The second kappa shape index (κ2) is 27.4. The second-order valence-electron chi connectivity index (χ2n) is 27.1. The quantitative estimate of drug-likeness (QED) is 0.128. The largest absolute Gasteiger partial charge is 0.247 e. The van der Waals surface area contributed by atoms with E-state index >= 15 is 0 Å². The van der Waals surface area contributed by atoms with Crippen molar-refractivity contribution in [3.05, 3.63) is 376 Å². The molecule has 0 saturated carbocycles. The van der Waals surface area contributed by atoms with E-state index in [2.05, 4.69) is 328 Å². The van der Waals surface area contributed by atoms with Crippen LogP contribution in [0.4, 0.5) is 0 Å². The molecule has 6 nitrogen and oxygen atoms in total. The lowest BCUT2D eigenvalue weighted by Gasteiger charge is -2.14. The van der Waals surface area contributed by atoms with Crippen molar-refractivity contribution in [2.75, 3.05) is 0 Å². The van der Waals surface area contributed by atoms with Gasteiger partial charge >= 0.3 is 0 Å². The fourth-order valence-corrected chi connectivity index (χ4v) is 17.9. The summed E-state index contributed by atoms with van der Waals surface area (Å²) >= 11 is 3.71. The van der Waals surface area contributed by atoms with Crippen molar-refractivity contribution in [1.29, 1.82) is 0 Å². The van der Waals surface area contributed by atoms with Crippen LogP contribution < -0.4 is 0 Å². The van der Waals surface area contributed by atoms with Crippen molar-refractivity contribution in [3.63, 3.8) is 0 Å². The highest BCUT2D eigenvalue weighted by molar-refractivity contribution is 7.27. The summed E-state index contributed by atoms with van der Waals surface area (Å²) in [5.74, 6) is 1.38. The van der Waals surface area contributed by atoms with E-state index in [0.717, 1.165) is 89.7 Å². The number of hydrogen-bond acceptors (Lipinski definition) is 8. The zero-order chi connectivity index (χ0) is 71.4. The minimum Gasteiger partial charge on any atom is -0.247 e. The van der Waals surface area contributed by atoms with Crippen LogP contribution in [0, 0.1) is 0 Å². The first-order valence-corrected chi connectivity index (χ1v) is 37.9. The molecule has 0 amide bonds. The summed E-state index contributed by atoms with van der Waals surface area (Å²) in [7, 11) is 0. The molecule has 0 fully saturated rings. The van der Waals surface area contributed by atoms with E-state index in [1.54, 1.807) is 0 Å². The number of benzene rings is 15. The Kier molecular flexibility index (Phi) is 16.2. The van der Waals surface area contributed by atoms with E-state index in [1.165, 1.54) is 106 Å². The van der Waals surface area contributed by atoms with E-state index < -0.39 is 0 Å². The van der Waals surface area contributed by atoms with Gasteiger partial charge in [0.2, 0.25) is 0 Å². The van der Waals surface area contributed by atoms with Crippen LogP contribution in [-0.4, -0.2) is 29.9 Å². The number of fused-ring (bicyclic) bond motifs is 12. The topological polar surface area (TPSA) is 77.3 Å². The first kappa shape index (κ1) is 63.9. The van der Waals surface area contributed by atoms with E-state index in [9.17, 15) is 0 Å². The molecule has 21 rings (SSSR count). The number of aromatic nitrogens is 6. The van der Waals surface area contributed by atoms with Gasteiger partial charge in [-0.2, -0.15) is 0 Å². The second-order valence-corrected chi connectivity index (χ2v) is 29.2. The van der Waals surface area contributed by atoms with Crippen LogP contribution in [0.5, 0.6) is 0 Å². The first-order chi connectivity index (χ1) is 53.5. The molecule has 0 spiro atoms. The Balaban J connectivity index is 0.000000143. The molecule has 0 atom stereocenters. The van der Waals surface area contributed by atoms with Gasteiger partial charge in [0.05, 0.1) is 45.2 Å². The summed E-state index contributed by atoms with van der Waals surface area (Å²) in [6.45, 7) is 0. The summed E-state index contributed by atoms with van der Waals surface area (Å²) in [6.07, 6.45) is 0. The highest BCUT2D eigenvalue weighted by Gasteiger charge is 2.23. The van der Waals surface area contributed by atoms with Crippen LogP contribution in [0.1, 0.15) is 0 Å². The summed E-state index contributed by atoms with van der Waals surface area (Å²) in [5.41, 5.74) is 23.0. The van der Waals surface area contributed by atoms with Gasteiger partial charge in [-0.05, 0) is 91.3 Å². The summed E-state index contributed by atoms with van der Waals surface area (Å²) in [5, 5.41) is 12.2. The van der Waals surface area contributed by atoms with Crippen molar-refractivity contribution in [1.82, 2.24) is 29.9 Å². The zero-order valence-electron chi connectivity index (χ0n) is 58.3. The maximum atomic E-state index is 5.48. The lowest BCUT2D eigenvalue weighted by atomic mass is 9.93. The Morgan fingerprint density at radius 3 is 0.880 bits per heavy atom. The van der Waals surface area contributed by atoms with E-state index in [1.807, 2.05) is 71.2 Å². The van der Waals surface area contributed by atoms with Crippen molar-refractivity contribution < 1.29 is 0 Å². The third kappa shape index (κ3) is 11.7. The van der Waals surface area contributed by atoms with Gasteiger partial charge in [-0.15, -0.1) is 22.7 Å². The molecule has 6 aromatic heterocycles. The average Bonchev–Trinajstić information content (AvgIpc) is 1.55. The van der Waals surface area contributed by atoms with Crippen LogP contribution in [0.3, 0.4) is 0 Å². The summed E-state index contributed by atoms with van der Waals surface area (Å²) in [6, 6.07) is 132.